The zero-order chi connectivity index (χ0) is 13.2. The maximum absolute atomic E-state index is 13.0. The number of oxazole rings is 1. The van der Waals surface area contributed by atoms with Crippen molar-refractivity contribution >= 4 is 17.1 Å². The minimum absolute atomic E-state index is 0.310. The van der Waals surface area contributed by atoms with Crippen molar-refractivity contribution in [3.8, 4) is 0 Å². The molecule has 0 aliphatic heterocycles. The lowest BCUT2D eigenvalue weighted by Gasteiger charge is -2.02. The summed E-state index contributed by atoms with van der Waals surface area (Å²) in [5.41, 5.74) is 2.03. The van der Waals surface area contributed by atoms with Crippen molar-refractivity contribution in [2.45, 2.75) is 6.54 Å². The Bertz CT molecular complexity index is 691. The van der Waals surface area contributed by atoms with Gasteiger partial charge in [0, 0.05) is 6.54 Å². The van der Waals surface area contributed by atoms with Crippen molar-refractivity contribution in [3.63, 3.8) is 0 Å². The summed E-state index contributed by atoms with van der Waals surface area (Å²) in [6.07, 6.45) is 0. The van der Waals surface area contributed by atoms with E-state index in [1.807, 2.05) is 24.3 Å². The average Bonchev–Trinajstić information content (AvgIpc) is 2.83. The van der Waals surface area contributed by atoms with E-state index in [0.717, 1.165) is 17.6 Å². The first-order chi connectivity index (χ1) is 9.22. The Balaban J connectivity index is 1.76. The SMILES string of the molecule is Fc1ccc(CNc2nc3ccccc3o2)cc1F. The number of para-hydroxylation sites is 2. The first-order valence-electron chi connectivity index (χ1n) is 5.76. The van der Waals surface area contributed by atoms with Crippen LogP contribution in [0.3, 0.4) is 0 Å². The highest BCUT2D eigenvalue weighted by Gasteiger charge is 2.06. The number of nitrogens with zero attached hydrogens (tertiary/aromatic N) is 1. The van der Waals surface area contributed by atoms with Crippen LogP contribution in [0.4, 0.5) is 14.8 Å². The van der Waals surface area contributed by atoms with Gasteiger partial charge in [-0.15, -0.1) is 0 Å². The Hall–Kier alpha value is -2.43. The average molecular weight is 260 g/mol. The molecule has 1 heterocycles. The van der Waals surface area contributed by atoms with Gasteiger partial charge in [-0.3, -0.25) is 0 Å². The van der Waals surface area contributed by atoms with Gasteiger partial charge in [0.2, 0.25) is 0 Å². The lowest BCUT2D eigenvalue weighted by atomic mass is 10.2. The molecule has 0 aliphatic rings. The molecule has 0 unspecified atom stereocenters. The van der Waals surface area contributed by atoms with E-state index in [0.29, 0.717) is 23.7 Å². The van der Waals surface area contributed by atoms with Crippen molar-refractivity contribution in [2.75, 3.05) is 5.32 Å². The van der Waals surface area contributed by atoms with Gasteiger partial charge < -0.3 is 9.73 Å². The number of hydrogen-bond acceptors (Lipinski definition) is 3. The maximum Gasteiger partial charge on any atom is 0.295 e. The second-order valence-electron chi connectivity index (χ2n) is 4.09. The fourth-order valence-electron chi connectivity index (χ4n) is 1.78. The van der Waals surface area contributed by atoms with E-state index >= 15 is 0 Å². The van der Waals surface area contributed by atoms with E-state index in [9.17, 15) is 8.78 Å². The van der Waals surface area contributed by atoms with Crippen molar-refractivity contribution in [2.24, 2.45) is 0 Å². The van der Waals surface area contributed by atoms with Crippen molar-refractivity contribution in [1.82, 2.24) is 4.98 Å². The Morgan fingerprint density at radius 3 is 2.68 bits per heavy atom. The van der Waals surface area contributed by atoms with E-state index < -0.39 is 11.6 Å². The standard InChI is InChI=1S/C14H10F2N2O/c15-10-6-5-9(7-11(10)16)8-17-14-18-12-3-1-2-4-13(12)19-14/h1-7H,8H2,(H,17,18). The van der Waals surface area contributed by atoms with E-state index in [-0.39, 0.29) is 0 Å². The normalized spacial score (nSPS) is 10.8. The first-order valence-corrected chi connectivity index (χ1v) is 5.76. The summed E-state index contributed by atoms with van der Waals surface area (Å²) in [6.45, 7) is 0.310. The molecule has 1 N–H and O–H groups in total. The van der Waals surface area contributed by atoms with Crippen LogP contribution in [0, 0.1) is 11.6 Å². The highest BCUT2D eigenvalue weighted by molar-refractivity contribution is 5.74. The molecular weight excluding hydrogens is 250 g/mol. The molecule has 0 amide bonds. The quantitative estimate of drug-likeness (QED) is 0.780. The van der Waals surface area contributed by atoms with Gasteiger partial charge >= 0.3 is 0 Å². The summed E-state index contributed by atoms with van der Waals surface area (Å²) in [4.78, 5) is 4.22. The van der Waals surface area contributed by atoms with Crippen LogP contribution in [0.2, 0.25) is 0 Å². The Morgan fingerprint density at radius 1 is 1.05 bits per heavy atom. The molecule has 96 valence electrons. The molecule has 0 saturated heterocycles. The van der Waals surface area contributed by atoms with Gasteiger partial charge in [0.25, 0.3) is 6.01 Å². The van der Waals surface area contributed by atoms with Crippen molar-refractivity contribution in [1.29, 1.82) is 0 Å². The smallest absolute Gasteiger partial charge is 0.295 e. The van der Waals surface area contributed by atoms with Crippen molar-refractivity contribution in [3.05, 3.63) is 59.7 Å². The molecular formula is C14H10F2N2O. The molecule has 0 radical (unpaired) electrons. The fraction of sp³-hybridized carbons (Fsp3) is 0.0714. The van der Waals surface area contributed by atoms with Crippen LogP contribution in [0.1, 0.15) is 5.56 Å². The van der Waals surface area contributed by atoms with Crippen LogP contribution < -0.4 is 5.32 Å². The summed E-state index contributed by atoms with van der Waals surface area (Å²) in [7, 11) is 0. The second kappa shape index (κ2) is 4.68. The van der Waals surface area contributed by atoms with Crippen LogP contribution in [0.25, 0.3) is 11.1 Å². The zero-order valence-corrected chi connectivity index (χ0v) is 9.86. The highest BCUT2D eigenvalue weighted by atomic mass is 19.2. The molecule has 5 heteroatoms. The summed E-state index contributed by atoms with van der Waals surface area (Å²) >= 11 is 0. The predicted molar refractivity (Wildman–Crippen MR) is 67.7 cm³/mol. The van der Waals surface area contributed by atoms with Crippen LogP contribution in [-0.4, -0.2) is 4.98 Å². The van der Waals surface area contributed by atoms with Crippen LogP contribution in [0.5, 0.6) is 0 Å². The monoisotopic (exact) mass is 260 g/mol. The number of nitrogens with one attached hydrogen (secondary N) is 1. The zero-order valence-electron chi connectivity index (χ0n) is 9.86. The predicted octanol–water partition coefficient (Wildman–Crippen LogP) is 3.72. The maximum atomic E-state index is 13.0. The largest absolute Gasteiger partial charge is 0.424 e. The summed E-state index contributed by atoms with van der Waals surface area (Å²) in [5.74, 6) is -1.72. The Morgan fingerprint density at radius 2 is 1.89 bits per heavy atom. The number of hydrogen-bond donors (Lipinski definition) is 1. The van der Waals surface area contributed by atoms with Crippen LogP contribution >= 0.6 is 0 Å². The molecule has 0 atom stereocenters. The lowest BCUT2D eigenvalue weighted by Crippen LogP contribution is -2.00. The molecule has 3 nitrogen and oxygen atoms in total. The van der Waals surface area contributed by atoms with Gasteiger partial charge in [0.05, 0.1) is 0 Å². The number of aromatic nitrogens is 1. The third-order valence-corrected chi connectivity index (χ3v) is 2.72. The van der Waals surface area contributed by atoms with Gasteiger partial charge in [-0.05, 0) is 29.8 Å². The molecule has 3 rings (SSSR count). The molecule has 1 aromatic heterocycles. The molecule has 0 spiro atoms. The molecule has 19 heavy (non-hydrogen) atoms. The third kappa shape index (κ3) is 2.40. The molecule has 3 aromatic rings. The van der Waals surface area contributed by atoms with E-state index in [2.05, 4.69) is 10.3 Å². The van der Waals surface area contributed by atoms with E-state index in [4.69, 9.17) is 4.42 Å². The Labute approximate surface area is 107 Å². The highest BCUT2D eigenvalue weighted by Crippen LogP contribution is 2.18. The first kappa shape index (κ1) is 11.6. The van der Waals surface area contributed by atoms with Gasteiger partial charge in [-0.1, -0.05) is 18.2 Å². The number of benzene rings is 2. The molecule has 0 bridgehead atoms. The van der Waals surface area contributed by atoms with E-state index in [1.165, 1.54) is 6.07 Å². The summed E-state index contributed by atoms with van der Waals surface area (Å²) in [6, 6.07) is 11.5. The van der Waals surface area contributed by atoms with Gasteiger partial charge in [0.1, 0.15) is 5.52 Å². The molecule has 2 aromatic carbocycles. The fourth-order valence-corrected chi connectivity index (χ4v) is 1.78. The summed E-state index contributed by atoms with van der Waals surface area (Å²) in [5, 5.41) is 2.93. The Kier molecular flexibility index (Phi) is 2.87. The molecule has 0 aliphatic carbocycles. The van der Waals surface area contributed by atoms with Crippen LogP contribution in [-0.2, 0) is 6.54 Å². The van der Waals surface area contributed by atoms with Gasteiger partial charge in [-0.25, -0.2) is 8.78 Å². The van der Waals surface area contributed by atoms with E-state index in [1.54, 1.807) is 0 Å². The lowest BCUT2D eigenvalue weighted by molar-refractivity contribution is 0.507. The third-order valence-electron chi connectivity index (χ3n) is 2.72. The molecule has 0 saturated carbocycles. The molecule has 0 fully saturated rings. The minimum atomic E-state index is -0.864. The number of halogens is 2. The van der Waals surface area contributed by atoms with Gasteiger partial charge in [-0.2, -0.15) is 4.98 Å². The number of anilines is 1. The van der Waals surface area contributed by atoms with Crippen molar-refractivity contribution < 1.29 is 13.2 Å². The van der Waals surface area contributed by atoms with Crippen LogP contribution in [0.15, 0.2) is 46.9 Å². The summed E-state index contributed by atoms with van der Waals surface area (Å²) < 4.78 is 31.3. The minimum Gasteiger partial charge on any atom is -0.424 e. The number of rotatable bonds is 3. The van der Waals surface area contributed by atoms with Gasteiger partial charge in [0.15, 0.2) is 17.2 Å². The topological polar surface area (TPSA) is 38.1 Å². The number of fused-ring (bicyclic) bond motifs is 1. The second-order valence-corrected chi connectivity index (χ2v) is 4.09.